The summed E-state index contributed by atoms with van der Waals surface area (Å²) in [4.78, 5) is 37.9. The fourth-order valence-electron chi connectivity index (χ4n) is 6.58. The van der Waals surface area contributed by atoms with Gasteiger partial charge in [0.2, 0.25) is 0 Å². The number of hydrogen-bond donors (Lipinski definition) is 0. The Morgan fingerprint density at radius 2 is 0.661 bits per heavy atom. The molecule has 0 aliphatic carbocycles. The number of esters is 3. The Kier molecular flexibility index (Phi) is 47.0. The smallest absolute Gasteiger partial charge is 0.306 e. The average Bonchev–Trinajstić information content (AvgIpc) is 3.27. The lowest BCUT2D eigenvalue weighted by atomic mass is 10.1. The van der Waals surface area contributed by atoms with Crippen molar-refractivity contribution in [3.8, 4) is 0 Å². The van der Waals surface area contributed by atoms with Gasteiger partial charge in [0.05, 0.1) is 0 Å². The topological polar surface area (TPSA) is 78.9 Å². The van der Waals surface area contributed by atoms with E-state index in [1.54, 1.807) is 0 Å². The molecular formula is C56H92O6. The molecule has 6 heteroatoms. The van der Waals surface area contributed by atoms with Crippen molar-refractivity contribution in [2.75, 3.05) is 13.2 Å². The van der Waals surface area contributed by atoms with Crippen LogP contribution in [0.3, 0.4) is 0 Å². The lowest BCUT2D eigenvalue weighted by molar-refractivity contribution is -0.166. The Bertz CT molecular complexity index is 1260. The average molecular weight is 861 g/mol. The van der Waals surface area contributed by atoms with Crippen LogP contribution in [-0.2, 0) is 28.6 Å². The zero-order valence-electron chi connectivity index (χ0n) is 40.1. The van der Waals surface area contributed by atoms with Crippen LogP contribution >= 0.6 is 0 Å². The maximum Gasteiger partial charge on any atom is 0.306 e. The molecule has 1 unspecified atom stereocenters. The fourth-order valence-corrected chi connectivity index (χ4v) is 6.58. The molecule has 0 rings (SSSR count). The SMILES string of the molecule is CC/C=C\C/C=C\C/C=C\C/C=C\CCCCCCCCC(=O)OCC(COC(=O)CCCCCCC/C=C\C/C=C\CC)OC(=O)CC/C=C\C/C=C\CCCCCCCC. The van der Waals surface area contributed by atoms with Gasteiger partial charge in [0.15, 0.2) is 6.10 Å². The van der Waals surface area contributed by atoms with E-state index in [4.69, 9.17) is 14.2 Å². The first-order chi connectivity index (χ1) is 30.5. The van der Waals surface area contributed by atoms with E-state index in [0.29, 0.717) is 19.3 Å². The summed E-state index contributed by atoms with van der Waals surface area (Å²) in [5, 5.41) is 0. The molecule has 0 saturated heterocycles. The molecule has 0 fully saturated rings. The Balaban J connectivity index is 4.46. The van der Waals surface area contributed by atoms with Crippen LogP contribution in [0.15, 0.2) is 97.2 Å². The second-order valence-electron chi connectivity index (χ2n) is 16.3. The highest BCUT2D eigenvalue weighted by molar-refractivity contribution is 5.71. The van der Waals surface area contributed by atoms with Crippen molar-refractivity contribution in [3.05, 3.63) is 97.2 Å². The molecule has 62 heavy (non-hydrogen) atoms. The highest BCUT2D eigenvalue weighted by atomic mass is 16.6. The third-order valence-corrected chi connectivity index (χ3v) is 10.3. The quantitative estimate of drug-likeness (QED) is 0.0263. The van der Waals surface area contributed by atoms with Gasteiger partial charge in [0, 0.05) is 19.3 Å². The molecule has 352 valence electrons. The number of ether oxygens (including phenoxy) is 3. The van der Waals surface area contributed by atoms with E-state index >= 15 is 0 Å². The van der Waals surface area contributed by atoms with Gasteiger partial charge in [-0.2, -0.15) is 0 Å². The number of carbonyl (C=O) groups excluding carboxylic acids is 3. The van der Waals surface area contributed by atoms with Gasteiger partial charge < -0.3 is 14.2 Å². The molecule has 0 spiro atoms. The van der Waals surface area contributed by atoms with Crippen molar-refractivity contribution in [1.29, 1.82) is 0 Å². The number of rotatable bonds is 44. The Hall–Kier alpha value is -3.67. The molecule has 1 atom stereocenters. The number of allylic oxidation sites excluding steroid dienone is 16. The first-order valence-corrected chi connectivity index (χ1v) is 25.2. The first kappa shape index (κ1) is 58.3. The Morgan fingerprint density at radius 3 is 1.05 bits per heavy atom. The van der Waals surface area contributed by atoms with Gasteiger partial charge in [-0.15, -0.1) is 0 Å². The predicted molar refractivity (Wildman–Crippen MR) is 265 cm³/mol. The second-order valence-corrected chi connectivity index (χ2v) is 16.3. The number of hydrogen-bond acceptors (Lipinski definition) is 6. The Morgan fingerprint density at radius 1 is 0.339 bits per heavy atom. The van der Waals surface area contributed by atoms with Crippen LogP contribution in [0.5, 0.6) is 0 Å². The van der Waals surface area contributed by atoms with Gasteiger partial charge in [-0.1, -0.05) is 195 Å². The summed E-state index contributed by atoms with van der Waals surface area (Å²) in [7, 11) is 0. The summed E-state index contributed by atoms with van der Waals surface area (Å²) in [6, 6.07) is 0. The van der Waals surface area contributed by atoms with Gasteiger partial charge in [0.1, 0.15) is 13.2 Å². The van der Waals surface area contributed by atoms with Gasteiger partial charge in [-0.25, -0.2) is 0 Å². The van der Waals surface area contributed by atoms with E-state index in [1.807, 2.05) is 6.08 Å². The minimum Gasteiger partial charge on any atom is -0.462 e. The van der Waals surface area contributed by atoms with Crippen LogP contribution in [0.25, 0.3) is 0 Å². The summed E-state index contributed by atoms with van der Waals surface area (Å²) < 4.78 is 16.7. The normalized spacial score (nSPS) is 12.9. The van der Waals surface area contributed by atoms with E-state index < -0.39 is 6.10 Å². The molecule has 0 radical (unpaired) electrons. The van der Waals surface area contributed by atoms with Crippen LogP contribution in [0.2, 0.25) is 0 Å². The van der Waals surface area contributed by atoms with E-state index in [9.17, 15) is 14.4 Å². The third kappa shape index (κ3) is 47.4. The van der Waals surface area contributed by atoms with Crippen molar-refractivity contribution in [2.45, 2.75) is 226 Å². The second kappa shape index (κ2) is 50.0. The summed E-state index contributed by atoms with van der Waals surface area (Å²) >= 11 is 0. The van der Waals surface area contributed by atoms with Gasteiger partial charge in [-0.3, -0.25) is 14.4 Å². The largest absolute Gasteiger partial charge is 0.462 e. The zero-order valence-corrected chi connectivity index (χ0v) is 40.1. The number of unbranched alkanes of at least 4 members (excludes halogenated alkanes) is 17. The van der Waals surface area contributed by atoms with Crippen molar-refractivity contribution in [1.82, 2.24) is 0 Å². The standard InChI is InChI=1S/C56H92O6/c1-4-7-10-13-16-19-22-25-26-27-28-29-30-32-34-37-40-43-46-49-55(58)61-52-53(51-60-54(57)48-45-42-39-36-33-24-21-18-15-12-9-6-3)62-56(59)50-47-44-41-38-35-31-23-20-17-14-11-8-5-2/h7,9-10,12,16,18-19,21,25-26,28-29,31,35,41,44,53H,4-6,8,11,13-15,17,20,22-24,27,30,32-34,36-40,42-43,45-52H2,1-3H3/b10-7-,12-9-,19-16-,21-18-,26-25-,29-28-,35-31-,44-41-. The molecule has 0 aromatic rings. The highest BCUT2D eigenvalue weighted by Gasteiger charge is 2.19. The summed E-state index contributed by atoms with van der Waals surface area (Å²) in [5.41, 5.74) is 0. The minimum atomic E-state index is -0.819. The molecule has 0 saturated carbocycles. The molecule has 0 N–H and O–H groups in total. The van der Waals surface area contributed by atoms with Crippen LogP contribution in [-0.4, -0.2) is 37.2 Å². The van der Waals surface area contributed by atoms with E-state index in [-0.39, 0.29) is 37.5 Å². The van der Waals surface area contributed by atoms with Crippen molar-refractivity contribution < 1.29 is 28.6 Å². The van der Waals surface area contributed by atoms with E-state index in [1.165, 1.54) is 51.4 Å². The van der Waals surface area contributed by atoms with Crippen molar-refractivity contribution in [3.63, 3.8) is 0 Å². The molecule has 6 nitrogen and oxygen atoms in total. The molecule has 0 aromatic heterocycles. The predicted octanol–water partition coefficient (Wildman–Crippen LogP) is 16.6. The summed E-state index contributed by atoms with van der Waals surface area (Å²) in [5.74, 6) is -1.01. The lowest BCUT2D eigenvalue weighted by Gasteiger charge is -2.18. The van der Waals surface area contributed by atoms with Crippen LogP contribution in [0.4, 0.5) is 0 Å². The van der Waals surface area contributed by atoms with Gasteiger partial charge in [0.25, 0.3) is 0 Å². The van der Waals surface area contributed by atoms with Crippen LogP contribution < -0.4 is 0 Å². The van der Waals surface area contributed by atoms with Crippen LogP contribution in [0, 0.1) is 0 Å². The molecule has 0 aliphatic rings. The highest BCUT2D eigenvalue weighted by Crippen LogP contribution is 2.13. The zero-order chi connectivity index (χ0) is 45.1. The van der Waals surface area contributed by atoms with E-state index in [2.05, 4.69) is 112 Å². The minimum absolute atomic E-state index is 0.113. The third-order valence-electron chi connectivity index (χ3n) is 10.3. The van der Waals surface area contributed by atoms with E-state index in [0.717, 1.165) is 122 Å². The van der Waals surface area contributed by atoms with Gasteiger partial charge >= 0.3 is 17.9 Å². The maximum atomic E-state index is 12.7. The lowest BCUT2D eigenvalue weighted by Crippen LogP contribution is -2.30. The van der Waals surface area contributed by atoms with Crippen molar-refractivity contribution >= 4 is 17.9 Å². The molecule has 0 aromatic carbocycles. The monoisotopic (exact) mass is 861 g/mol. The summed E-state index contributed by atoms with van der Waals surface area (Å²) in [6.07, 6.45) is 65.5. The molecule has 0 heterocycles. The van der Waals surface area contributed by atoms with Gasteiger partial charge in [-0.05, 0) is 103 Å². The summed E-state index contributed by atoms with van der Waals surface area (Å²) in [6.45, 7) is 6.32. The molecule has 0 aliphatic heterocycles. The molecule has 0 bridgehead atoms. The fraction of sp³-hybridized carbons (Fsp3) is 0.661. The van der Waals surface area contributed by atoms with Crippen molar-refractivity contribution in [2.24, 2.45) is 0 Å². The first-order valence-electron chi connectivity index (χ1n) is 25.2. The molecular weight excluding hydrogens is 769 g/mol. The number of carbonyl (C=O) groups is 3. The van der Waals surface area contributed by atoms with Crippen LogP contribution in [0.1, 0.15) is 220 Å². The Labute approximate surface area is 381 Å². The maximum absolute atomic E-state index is 12.7. The molecule has 0 amide bonds.